The van der Waals surface area contributed by atoms with Gasteiger partial charge in [-0.1, -0.05) is 24.3 Å². The van der Waals surface area contributed by atoms with Gasteiger partial charge in [-0.15, -0.1) is 0 Å². The van der Waals surface area contributed by atoms with E-state index in [1.165, 1.54) is 6.26 Å². The first kappa shape index (κ1) is 7.44. The smallest absolute Gasteiger partial charge is 0.161 e. The van der Waals surface area contributed by atoms with E-state index in [1.54, 1.807) is 0 Å². The Morgan fingerprint density at radius 3 is 2.50 bits per heavy atom. The summed E-state index contributed by atoms with van der Waals surface area (Å²) in [6.07, 6.45) is 1.36. The number of hydrogen-bond donors (Lipinski definition) is 1. The standard InChI is InChI=1S/C12H8O2/c13-11-7-14-12-6-9-4-2-1-3-8(9)5-10(11)12/h1-7,13H. The van der Waals surface area contributed by atoms with Crippen molar-refractivity contribution in [3.8, 4) is 5.75 Å². The fourth-order valence-electron chi connectivity index (χ4n) is 1.70. The number of furan rings is 1. The fraction of sp³-hybridized carbons (Fsp3) is 0. The fourth-order valence-corrected chi connectivity index (χ4v) is 1.70. The molecule has 1 aromatic heterocycles. The first-order chi connectivity index (χ1) is 6.84. The van der Waals surface area contributed by atoms with Crippen molar-refractivity contribution in [2.75, 3.05) is 0 Å². The number of aromatic hydroxyl groups is 1. The highest BCUT2D eigenvalue weighted by Crippen LogP contribution is 2.30. The Bertz CT molecular complexity index is 608. The maximum Gasteiger partial charge on any atom is 0.161 e. The Labute approximate surface area is 80.4 Å². The summed E-state index contributed by atoms with van der Waals surface area (Å²) in [6.45, 7) is 0. The molecule has 14 heavy (non-hydrogen) atoms. The van der Waals surface area contributed by atoms with Crippen LogP contribution in [-0.4, -0.2) is 5.11 Å². The van der Waals surface area contributed by atoms with Gasteiger partial charge in [0.25, 0.3) is 0 Å². The maximum atomic E-state index is 9.48. The highest BCUT2D eigenvalue weighted by Gasteiger charge is 2.04. The van der Waals surface area contributed by atoms with Crippen LogP contribution in [-0.2, 0) is 0 Å². The van der Waals surface area contributed by atoms with Crippen molar-refractivity contribution in [3.63, 3.8) is 0 Å². The monoisotopic (exact) mass is 184 g/mol. The molecule has 2 aromatic carbocycles. The van der Waals surface area contributed by atoms with E-state index >= 15 is 0 Å². The van der Waals surface area contributed by atoms with Crippen LogP contribution in [0.5, 0.6) is 5.75 Å². The SMILES string of the molecule is Oc1coc2cc3ccccc3cc12. The summed E-state index contributed by atoms with van der Waals surface area (Å²) in [7, 11) is 0. The molecule has 3 rings (SSSR count). The highest BCUT2D eigenvalue weighted by molar-refractivity contribution is 5.98. The molecule has 3 aromatic rings. The molecule has 0 aliphatic rings. The zero-order chi connectivity index (χ0) is 9.54. The van der Waals surface area contributed by atoms with Gasteiger partial charge in [0, 0.05) is 0 Å². The second kappa shape index (κ2) is 2.51. The van der Waals surface area contributed by atoms with Gasteiger partial charge in [0.1, 0.15) is 11.8 Å². The Hall–Kier alpha value is -1.96. The Morgan fingerprint density at radius 2 is 1.71 bits per heavy atom. The molecule has 0 aliphatic heterocycles. The third kappa shape index (κ3) is 0.909. The lowest BCUT2D eigenvalue weighted by Crippen LogP contribution is -1.71. The molecule has 0 bridgehead atoms. The Balaban J connectivity index is 2.54. The lowest BCUT2D eigenvalue weighted by Gasteiger charge is -1.96. The minimum absolute atomic E-state index is 0.200. The first-order valence-corrected chi connectivity index (χ1v) is 4.43. The molecule has 0 unspecified atom stereocenters. The van der Waals surface area contributed by atoms with Gasteiger partial charge in [0.05, 0.1) is 5.39 Å². The molecule has 2 nitrogen and oxygen atoms in total. The van der Waals surface area contributed by atoms with Gasteiger partial charge in [-0.05, 0) is 22.9 Å². The van der Waals surface area contributed by atoms with Crippen molar-refractivity contribution >= 4 is 21.7 Å². The lowest BCUT2D eigenvalue weighted by molar-refractivity contribution is 0.464. The zero-order valence-corrected chi connectivity index (χ0v) is 7.40. The summed E-state index contributed by atoms with van der Waals surface area (Å²) in [6, 6.07) is 11.9. The summed E-state index contributed by atoms with van der Waals surface area (Å²) in [4.78, 5) is 0. The summed E-state index contributed by atoms with van der Waals surface area (Å²) >= 11 is 0. The molecule has 1 heterocycles. The van der Waals surface area contributed by atoms with Crippen molar-refractivity contribution in [2.45, 2.75) is 0 Å². The van der Waals surface area contributed by atoms with Crippen molar-refractivity contribution < 1.29 is 9.52 Å². The van der Waals surface area contributed by atoms with Gasteiger partial charge in [0.15, 0.2) is 5.75 Å². The zero-order valence-electron chi connectivity index (χ0n) is 7.40. The van der Waals surface area contributed by atoms with E-state index < -0.39 is 0 Å². The normalized spacial score (nSPS) is 11.1. The Kier molecular flexibility index (Phi) is 1.34. The maximum absolute atomic E-state index is 9.48. The van der Waals surface area contributed by atoms with E-state index in [0.29, 0.717) is 0 Å². The minimum atomic E-state index is 0.200. The number of rotatable bonds is 0. The van der Waals surface area contributed by atoms with Crippen molar-refractivity contribution in [2.24, 2.45) is 0 Å². The summed E-state index contributed by atoms with van der Waals surface area (Å²) in [5.74, 6) is 0.200. The van der Waals surface area contributed by atoms with Gasteiger partial charge in [-0.25, -0.2) is 0 Å². The van der Waals surface area contributed by atoms with E-state index in [0.717, 1.165) is 21.7 Å². The summed E-state index contributed by atoms with van der Waals surface area (Å²) < 4.78 is 5.21. The third-order valence-corrected chi connectivity index (χ3v) is 2.42. The van der Waals surface area contributed by atoms with Gasteiger partial charge >= 0.3 is 0 Å². The van der Waals surface area contributed by atoms with Crippen LogP contribution >= 0.6 is 0 Å². The van der Waals surface area contributed by atoms with Gasteiger partial charge in [0.2, 0.25) is 0 Å². The molecule has 0 saturated heterocycles. The van der Waals surface area contributed by atoms with Crippen LogP contribution in [0.4, 0.5) is 0 Å². The highest BCUT2D eigenvalue weighted by atomic mass is 16.4. The van der Waals surface area contributed by atoms with Crippen LogP contribution in [0, 0.1) is 0 Å². The topological polar surface area (TPSA) is 33.4 Å². The molecular weight excluding hydrogens is 176 g/mol. The largest absolute Gasteiger partial charge is 0.504 e. The minimum Gasteiger partial charge on any atom is -0.504 e. The average molecular weight is 184 g/mol. The van der Waals surface area contributed by atoms with Crippen molar-refractivity contribution in [1.29, 1.82) is 0 Å². The van der Waals surface area contributed by atoms with E-state index in [1.807, 2.05) is 36.4 Å². The number of benzene rings is 2. The average Bonchev–Trinajstić information content (AvgIpc) is 2.57. The van der Waals surface area contributed by atoms with Gasteiger partial charge < -0.3 is 9.52 Å². The second-order valence-corrected chi connectivity index (χ2v) is 3.32. The molecule has 0 radical (unpaired) electrons. The summed E-state index contributed by atoms with van der Waals surface area (Å²) in [5, 5.41) is 12.5. The molecule has 1 N–H and O–H groups in total. The molecule has 0 amide bonds. The number of fused-ring (bicyclic) bond motifs is 2. The molecule has 2 heteroatoms. The number of hydrogen-bond acceptors (Lipinski definition) is 2. The van der Waals surface area contributed by atoms with Crippen LogP contribution in [0.25, 0.3) is 21.7 Å². The van der Waals surface area contributed by atoms with Crippen molar-refractivity contribution in [1.82, 2.24) is 0 Å². The lowest BCUT2D eigenvalue weighted by atomic mass is 10.1. The first-order valence-electron chi connectivity index (χ1n) is 4.43. The van der Waals surface area contributed by atoms with Crippen LogP contribution in [0.3, 0.4) is 0 Å². The van der Waals surface area contributed by atoms with Crippen LogP contribution in [0.1, 0.15) is 0 Å². The predicted octanol–water partition coefficient (Wildman–Crippen LogP) is 3.29. The molecule has 0 atom stereocenters. The molecule has 0 aliphatic carbocycles. The van der Waals surface area contributed by atoms with Crippen molar-refractivity contribution in [3.05, 3.63) is 42.7 Å². The van der Waals surface area contributed by atoms with E-state index in [-0.39, 0.29) is 5.75 Å². The second-order valence-electron chi connectivity index (χ2n) is 3.32. The van der Waals surface area contributed by atoms with E-state index in [2.05, 4.69) is 0 Å². The summed E-state index contributed by atoms with van der Waals surface area (Å²) in [5.41, 5.74) is 0.723. The Morgan fingerprint density at radius 1 is 1.00 bits per heavy atom. The quantitative estimate of drug-likeness (QED) is 0.581. The van der Waals surface area contributed by atoms with Crippen LogP contribution in [0.2, 0.25) is 0 Å². The molecule has 0 saturated carbocycles. The predicted molar refractivity (Wildman–Crippen MR) is 55.4 cm³/mol. The van der Waals surface area contributed by atoms with Gasteiger partial charge in [-0.3, -0.25) is 0 Å². The van der Waals surface area contributed by atoms with Crippen LogP contribution < -0.4 is 0 Å². The van der Waals surface area contributed by atoms with E-state index in [4.69, 9.17) is 4.42 Å². The molecule has 0 fully saturated rings. The molecular formula is C12H8O2. The van der Waals surface area contributed by atoms with Crippen LogP contribution in [0.15, 0.2) is 47.1 Å². The molecule has 0 spiro atoms. The van der Waals surface area contributed by atoms with E-state index in [9.17, 15) is 5.11 Å². The van der Waals surface area contributed by atoms with Gasteiger partial charge in [-0.2, -0.15) is 0 Å². The molecule has 68 valence electrons. The third-order valence-electron chi connectivity index (χ3n) is 2.42.